The van der Waals surface area contributed by atoms with Gasteiger partial charge in [0.2, 0.25) is 5.91 Å². The molecule has 0 saturated carbocycles. The van der Waals surface area contributed by atoms with Gasteiger partial charge in [0.1, 0.15) is 23.9 Å². The molecule has 0 atom stereocenters. The molecule has 0 aliphatic carbocycles. The van der Waals surface area contributed by atoms with Gasteiger partial charge in [-0.15, -0.1) is 0 Å². The molecule has 1 aromatic carbocycles. The fourth-order valence-electron chi connectivity index (χ4n) is 3.65. The Morgan fingerprint density at radius 2 is 1.96 bits per heavy atom. The third kappa shape index (κ3) is 3.36. The van der Waals surface area contributed by atoms with E-state index in [2.05, 4.69) is 9.97 Å². The number of carbonyl (C=O) groups is 2. The fraction of sp³-hybridized carbons (Fsp3) is 0.368. The SMILES string of the molecule is NC(=O)c1cn2c(n1)CCN(C(=O)CCn1c(CO)nc3ccccc31)CC2. The van der Waals surface area contributed by atoms with Gasteiger partial charge in [0.25, 0.3) is 5.91 Å². The number of primary amides is 1. The van der Waals surface area contributed by atoms with Crippen molar-refractivity contribution in [2.45, 2.75) is 32.5 Å². The van der Waals surface area contributed by atoms with Gasteiger partial charge in [0.15, 0.2) is 0 Å². The van der Waals surface area contributed by atoms with Crippen molar-refractivity contribution in [1.29, 1.82) is 0 Å². The zero-order valence-electron chi connectivity index (χ0n) is 15.4. The summed E-state index contributed by atoms with van der Waals surface area (Å²) in [5.41, 5.74) is 7.27. The number of para-hydroxylation sites is 2. The highest BCUT2D eigenvalue weighted by molar-refractivity contribution is 5.90. The van der Waals surface area contributed by atoms with Gasteiger partial charge in [-0.2, -0.15) is 0 Å². The first-order chi connectivity index (χ1) is 13.6. The quantitative estimate of drug-likeness (QED) is 0.658. The second kappa shape index (κ2) is 7.43. The molecule has 3 N–H and O–H groups in total. The standard InChI is InChI=1S/C19H22N6O3/c20-19(28)14-11-24-10-9-23(7-5-16(24)22-14)18(27)6-8-25-15-4-2-1-3-13(15)21-17(25)12-26/h1-4,11,26H,5-10,12H2,(H2,20,28). The highest BCUT2D eigenvalue weighted by Gasteiger charge is 2.21. The molecular formula is C19H22N6O3. The van der Waals surface area contributed by atoms with E-state index in [4.69, 9.17) is 5.73 Å². The smallest absolute Gasteiger partial charge is 0.268 e. The number of benzene rings is 1. The summed E-state index contributed by atoms with van der Waals surface area (Å²) >= 11 is 0. The number of aliphatic hydroxyl groups is 1. The summed E-state index contributed by atoms with van der Waals surface area (Å²) in [6.45, 7) is 1.97. The van der Waals surface area contributed by atoms with Gasteiger partial charge in [-0.3, -0.25) is 9.59 Å². The van der Waals surface area contributed by atoms with Crippen molar-refractivity contribution in [1.82, 2.24) is 24.0 Å². The zero-order chi connectivity index (χ0) is 19.7. The molecule has 0 unspecified atom stereocenters. The number of nitrogens with two attached hydrogens (primary N) is 1. The molecule has 0 saturated heterocycles. The molecule has 3 heterocycles. The Morgan fingerprint density at radius 1 is 1.14 bits per heavy atom. The van der Waals surface area contributed by atoms with Crippen molar-refractivity contribution in [3.05, 3.63) is 47.8 Å². The lowest BCUT2D eigenvalue weighted by Crippen LogP contribution is -2.34. The number of amides is 2. The molecular weight excluding hydrogens is 360 g/mol. The van der Waals surface area contributed by atoms with Gasteiger partial charge in [-0.05, 0) is 12.1 Å². The first-order valence-corrected chi connectivity index (χ1v) is 9.25. The van der Waals surface area contributed by atoms with Crippen LogP contribution in [0.3, 0.4) is 0 Å². The van der Waals surface area contributed by atoms with E-state index < -0.39 is 5.91 Å². The Hall–Kier alpha value is -3.20. The molecule has 9 nitrogen and oxygen atoms in total. The number of fused-ring (bicyclic) bond motifs is 2. The van der Waals surface area contributed by atoms with Crippen LogP contribution >= 0.6 is 0 Å². The molecule has 4 rings (SSSR count). The van der Waals surface area contributed by atoms with E-state index in [1.165, 1.54) is 0 Å². The van der Waals surface area contributed by atoms with Crippen molar-refractivity contribution in [2.75, 3.05) is 13.1 Å². The zero-order valence-corrected chi connectivity index (χ0v) is 15.4. The average Bonchev–Trinajstić information content (AvgIpc) is 3.21. The summed E-state index contributed by atoms with van der Waals surface area (Å²) in [5, 5.41) is 9.59. The molecule has 9 heteroatoms. The topological polar surface area (TPSA) is 119 Å². The maximum absolute atomic E-state index is 12.8. The number of aryl methyl sites for hydroxylation is 1. The lowest BCUT2D eigenvalue weighted by molar-refractivity contribution is -0.131. The molecule has 3 aromatic rings. The van der Waals surface area contributed by atoms with Crippen LogP contribution in [0.1, 0.15) is 28.6 Å². The second-order valence-electron chi connectivity index (χ2n) is 6.81. The van der Waals surface area contributed by atoms with Crippen LogP contribution in [-0.4, -0.2) is 54.0 Å². The maximum atomic E-state index is 12.8. The van der Waals surface area contributed by atoms with Gasteiger partial charge in [0.05, 0.1) is 11.0 Å². The van der Waals surface area contributed by atoms with Crippen LogP contribution in [-0.2, 0) is 30.9 Å². The van der Waals surface area contributed by atoms with Crippen molar-refractivity contribution in [2.24, 2.45) is 5.73 Å². The van der Waals surface area contributed by atoms with E-state index in [0.29, 0.717) is 44.8 Å². The van der Waals surface area contributed by atoms with Crippen LogP contribution in [0.5, 0.6) is 0 Å². The lowest BCUT2D eigenvalue weighted by atomic mass is 10.3. The van der Waals surface area contributed by atoms with E-state index >= 15 is 0 Å². The minimum Gasteiger partial charge on any atom is -0.388 e. The van der Waals surface area contributed by atoms with E-state index in [9.17, 15) is 14.7 Å². The number of hydrogen-bond donors (Lipinski definition) is 2. The van der Waals surface area contributed by atoms with E-state index in [0.717, 1.165) is 16.9 Å². The van der Waals surface area contributed by atoms with Crippen LogP contribution < -0.4 is 5.73 Å². The largest absolute Gasteiger partial charge is 0.388 e. The van der Waals surface area contributed by atoms with E-state index in [1.807, 2.05) is 38.3 Å². The predicted octanol–water partition coefficient (Wildman–Crippen LogP) is 0.299. The second-order valence-corrected chi connectivity index (χ2v) is 6.81. The monoisotopic (exact) mass is 382 g/mol. The van der Waals surface area contributed by atoms with Gasteiger partial charge in [-0.1, -0.05) is 12.1 Å². The van der Waals surface area contributed by atoms with Crippen LogP contribution in [0.25, 0.3) is 11.0 Å². The summed E-state index contributed by atoms with van der Waals surface area (Å²) in [4.78, 5) is 34.5. The minimum atomic E-state index is -0.541. The molecule has 0 bridgehead atoms. The number of imidazole rings is 2. The Kier molecular flexibility index (Phi) is 4.82. The predicted molar refractivity (Wildman–Crippen MR) is 101 cm³/mol. The summed E-state index contributed by atoms with van der Waals surface area (Å²) < 4.78 is 3.79. The average molecular weight is 382 g/mol. The summed E-state index contributed by atoms with van der Waals surface area (Å²) in [7, 11) is 0. The minimum absolute atomic E-state index is 0.0440. The molecule has 2 amide bonds. The summed E-state index contributed by atoms with van der Waals surface area (Å²) in [6, 6.07) is 7.65. The summed E-state index contributed by atoms with van der Waals surface area (Å²) in [6.07, 6.45) is 2.55. The lowest BCUT2D eigenvalue weighted by Gasteiger charge is -2.20. The fourth-order valence-corrected chi connectivity index (χ4v) is 3.65. The number of hydrogen-bond acceptors (Lipinski definition) is 5. The van der Waals surface area contributed by atoms with Crippen LogP contribution in [0.4, 0.5) is 0 Å². The number of carbonyl (C=O) groups excluding carboxylic acids is 2. The molecule has 146 valence electrons. The number of rotatable bonds is 5. The molecule has 28 heavy (non-hydrogen) atoms. The first-order valence-electron chi connectivity index (χ1n) is 9.25. The molecule has 1 aliphatic heterocycles. The molecule has 1 aliphatic rings. The Bertz CT molecular complexity index is 1010. The van der Waals surface area contributed by atoms with Crippen molar-refractivity contribution in [3.63, 3.8) is 0 Å². The molecule has 0 spiro atoms. The molecule has 0 fully saturated rings. The number of aliphatic hydroxyl groups excluding tert-OH is 1. The van der Waals surface area contributed by atoms with Crippen molar-refractivity contribution in [3.8, 4) is 0 Å². The first kappa shape index (κ1) is 18.2. The Balaban J connectivity index is 1.42. The number of aromatic nitrogens is 4. The molecule has 2 aromatic heterocycles. The van der Waals surface area contributed by atoms with Crippen LogP contribution in [0.15, 0.2) is 30.5 Å². The number of nitrogens with zero attached hydrogens (tertiary/aromatic N) is 5. The van der Waals surface area contributed by atoms with Crippen molar-refractivity contribution < 1.29 is 14.7 Å². The van der Waals surface area contributed by atoms with Crippen LogP contribution in [0, 0.1) is 0 Å². The summed E-state index contributed by atoms with van der Waals surface area (Å²) in [5.74, 6) is 0.833. The third-order valence-corrected chi connectivity index (χ3v) is 5.10. The van der Waals surface area contributed by atoms with E-state index in [1.54, 1.807) is 6.20 Å². The van der Waals surface area contributed by atoms with Gasteiger partial charge >= 0.3 is 0 Å². The normalized spacial score (nSPS) is 14.1. The van der Waals surface area contributed by atoms with Gasteiger partial charge < -0.3 is 24.9 Å². The molecule has 0 radical (unpaired) electrons. The van der Waals surface area contributed by atoms with E-state index in [-0.39, 0.29) is 18.2 Å². The Morgan fingerprint density at radius 3 is 2.75 bits per heavy atom. The highest BCUT2D eigenvalue weighted by Crippen LogP contribution is 2.17. The third-order valence-electron chi connectivity index (χ3n) is 5.10. The van der Waals surface area contributed by atoms with Crippen LogP contribution in [0.2, 0.25) is 0 Å². The maximum Gasteiger partial charge on any atom is 0.268 e. The Labute approximate surface area is 161 Å². The van der Waals surface area contributed by atoms with Gasteiger partial charge in [0, 0.05) is 45.2 Å². The highest BCUT2D eigenvalue weighted by atomic mass is 16.3. The van der Waals surface area contributed by atoms with Crippen molar-refractivity contribution >= 4 is 22.8 Å². The van der Waals surface area contributed by atoms with Gasteiger partial charge in [-0.25, -0.2) is 9.97 Å².